The molecule has 0 fully saturated rings. The molecular weight excluding hydrogens is 346 g/mol. The highest BCUT2D eigenvalue weighted by atomic mass is 35.5. The maximum atomic E-state index is 6.16. The van der Waals surface area contributed by atoms with E-state index < -0.39 is 0 Å². The SMILES string of the molecule is Cc1ccnc2c(NC3CCc4[nH]c5ccccc5c4C3)nc(Cl)nc12. The van der Waals surface area contributed by atoms with Crippen LogP contribution in [-0.2, 0) is 12.8 Å². The van der Waals surface area contributed by atoms with Crippen LogP contribution in [0.15, 0.2) is 36.5 Å². The number of hydrogen-bond acceptors (Lipinski definition) is 4. The van der Waals surface area contributed by atoms with Crippen molar-refractivity contribution in [2.75, 3.05) is 5.32 Å². The molecule has 0 spiro atoms. The summed E-state index contributed by atoms with van der Waals surface area (Å²) < 4.78 is 0. The van der Waals surface area contributed by atoms with Crippen molar-refractivity contribution in [2.45, 2.75) is 32.2 Å². The van der Waals surface area contributed by atoms with Crippen molar-refractivity contribution in [1.29, 1.82) is 0 Å². The standard InChI is InChI=1S/C20H18ClN5/c1-11-8-9-22-18-17(11)25-20(21)26-19(18)23-12-6-7-16-14(10-12)13-4-2-3-5-15(13)24-16/h2-5,8-9,12,24H,6-7,10H2,1H3,(H,23,25,26). The number of nitrogens with one attached hydrogen (secondary N) is 2. The van der Waals surface area contributed by atoms with Gasteiger partial charge >= 0.3 is 0 Å². The van der Waals surface area contributed by atoms with E-state index >= 15 is 0 Å². The Balaban J connectivity index is 1.51. The topological polar surface area (TPSA) is 66.5 Å². The van der Waals surface area contributed by atoms with Crippen LogP contribution in [0.2, 0.25) is 5.28 Å². The second-order valence-corrected chi connectivity index (χ2v) is 7.22. The molecule has 1 aromatic carbocycles. The molecule has 4 aromatic rings. The van der Waals surface area contributed by atoms with Crippen molar-refractivity contribution < 1.29 is 0 Å². The van der Waals surface area contributed by atoms with Gasteiger partial charge in [-0.05, 0) is 61.0 Å². The third-order valence-electron chi connectivity index (χ3n) is 5.19. The number of aromatic nitrogens is 4. The van der Waals surface area contributed by atoms with E-state index in [0.29, 0.717) is 0 Å². The Morgan fingerprint density at radius 2 is 2.04 bits per heavy atom. The zero-order chi connectivity index (χ0) is 17.7. The lowest BCUT2D eigenvalue weighted by Gasteiger charge is -2.24. The molecule has 6 heteroatoms. The molecule has 3 heterocycles. The number of benzene rings is 1. The number of para-hydroxylation sites is 1. The van der Waals surface area contributed by atoms with Gasteiger partial charge in [-0.1, -0.05) is 18.2 Å². The van der Waals surface area contributed by atoms with Gasteiger partial charge < -0.3 is 10.3 Å². The minimum atomic E-state index is 0.250. The first-order valence-corrected chi connectivity index (χ1v) is 9.20. The number of H-pyrrole nitrogens is 1. The number of fused-ring (bicyclic) bond motifs is 4. The quantitative estimate of drug-likeness (QED) is 0.517. The molecule has 5 nitrogen and oxygen atoms in total. The molecule has 0 bridgehead atoms. The van der Waals surface area contributed by atoms with E-state index in [-0.39, 0.29) is 11.3 Å². The van der Waals surface area contributed by atoms with Gasteiger partial charge in [0, 0.05) is 28.8 Å². The van der Waals surface area contributed by atoms with Crippen molar-refractivity contribution in [3.8, 4) is 0 Å². The van der Waals surface area contributed by atoms with Gasteiger partial charge in [-0.15, -0.1) is 0 Å². The van der Waals surface area contributed by atoms with Gasteiger partial charge in [-0.25, -0.2) is 4.98 Å². The van der Waals surface area contributed by atoms with Crippen LogP contribution in [0.5, 0.6) is 0 Å². The van der Waals surface area contributed by atoms with Crippen molar-refractivity contribution in [1.82, 2.24) is 19.9 Å². The van der Waals surface area contributed by atoms with Crippen LogP contribution in [0.4, 0.5) is 5.82 Å². The number of hydrogen-bond donors (Lipinski definition) is 2. The lowest BCUT2D eigenvalue weighted by Crippen LogP contribution is -2.27. The van der Waals surface area contributed by atoms with Gasteiger partial charge in [0.1, 0.15) is 5.52 Å². The summed E-state index contributed by atoms with van der Waals surface area (Å²) in [5.41, 5.74) is 6.59. The fourth-order valence-corrected chi connectivity index (χ4v) is 4.08. The molecule has 0 radical (unpaired) electrons. The number of halogens is 1. The summed E-state index contributed by atoms with van der Waals surface area (Å²) in [6, 6.07) is 10.7. The van der Waals surface area contributed by atoms with Crippen molar-refractivity contribution in [2.24, 2.45) is 0 Å². The second kappa shape index (κ2) is 5.95. The molecule has 5 rings (SSSR count). The number of aromatic amines is 1. The largest absolute Gasteiger partial charge is 0.365 e. The number of rotatable bonds is 2. The smallest absolute Gasteiger partial charge is 0.225 e. The fraction of sp³-hybridized carbons (Fsp3) is 0.250. The minimum Gasteiger partial charge on any atom is -0.365 e. The molecule has 0 aliphatic heterocycles. The third kappa shape index (κ3) is 2.51. The van der Waals surface area contributed by atoms with Gasteiger partial charge in [-0.3, -0.25) is 4.98 Å². The molecule has 3 aromatic heterocycles. The first-order chi connectivity index (χ1) is 12.7. The molecule has 0 amide bonds. The first-order valence-electron chi connectivity index (χ1n) is 8.83. The van der Waals surface area contributed by atoms with Gasteiger partial charge in [0.25, 0.3) is 0 Å². The van der Waals surface area contributed by atoms with E-state index in [9.17, 15) is 0 Å². The number of nitrogens with zero attached hydrogens (tertiary/aromatic N) is 3. The monoisotopic (exact) mass is 363 g/mol. The summed E-state index contributed by atoms with van der Waals surface area (Å²) in [4.78, 5) is 16.8. The van der Waals surface area contributed by atoms with Crippen LogP contribution < -0.4 is 5.32 Å². The Morgan fingerprint density at radius 1 is 1.15 bits per heavy atom. The molecule has 0 saturated carbocycles. The van der Waals surface area contributed by atoms with Crippen LogP contribution in [0.3, 0.4) is 0 Å². The lowest BCUT2D eigenvalue weighted by atomic mass is 9.91. The Hall–Kier alpha value is -2.66. The number of aryl methyl sites for hydroxylation is 2. The average Bonchev–Trinajstić information content (AvgIpc) is 3.01. The summed E-state index contributed by atoms with van der Waals surface area (Å²) in [5.74, 6) is 0.719. The fourth-order valence-electron chi connectivity index (χ4n) is 3.91. The summed E-state index contributed by atoms with van der Waals surface area (Å²) >= 11 is 6.16. The van der Waals surface area contributed by atoms with Crippen LogP contribution in [-0.4, -0.2) is 26.0 Å². The molecular formula is C20H18ClN5. The normalized spacial score (nSPS) is 16.8. The highest BCUT2D eigenvalue weighted by molar-refractivity contribution is 6.28. The predicted octanol–water partition coefficient (Wildman–Crippen LogP) is 4.44. The highest BCUT2D eigenvalue weighted by Crippen LogP contribution is 2.31. The van der Waals surface area contributed by atoms with Crippen LogP contribution in [0.1, 0.15) is 23.2 Å². The van der Waals surface area contributed by atoms with Crippen LogP contribution >= 0.6 is 11.6 Å². The summed E-state index contributed by atoms with van der Waals surface area (Å²) in [7, 11) is 0. The van der Waals surface area contributed by atoms with Gasteiger partial charge in [0.05, 0.1) is 5.52 Å². The second-order valence-electron chi connectivity index (χ2n) is 6.88. The molecule has 2 N–H and O–H groups in total. The Labute approximate surface area is 155 Å². The summed E-state index contributed by atoms with van der Waals surface area (Å²) in [5, 5.41) is 5.14. The van der Waals surface area contributed by atoms with Gasteiger partial charge in [0.2, 0.25) is 5.28 Å². The zero-order valence-electron chi connectivity index (χ0n) is 14.4. The Bertz CT molecular complexity index is 1130. The van der Waals surface area contributed by atoms with Crippen LogP contribution in [0.25, 0.3) is 21.9 Å². The van der Waals surface area contributed by atoms with Crippen molar-refractivity contribution in [3.05, 3.63) is 58.6 Å². The zero-order valence-corrected chi connectivity index (χ0v) is 15.1. The molecule has 130 valence electrons. The maximum Gasteiger partial charge on any atom is 0.225 e. The van der Waals surface area contributed by atoms with E-state index in [0.717, 1.165) is 41.7 Å². The summed E-state index contributed by atoms with van der Waals surface area (Å²) in [6.45, 7) is 2.01. The van der Waals surface area contributed by atoms with E-state index in [1.54, 1.807) is 6.20 Å². The number of pyridine rings is 1. The van der Waals surface area contributed by atoms with Crippen molar-refractivity contribution >= 4 is 39.4 Å². The molecule has 1 atom stereocenters. The van der Waals surface area contributed by atoms with E-state index in [1.807, 2.05) is 13.0 Å². The molecule has 0 saturated heterocycles. The summed E-state index contributed by atoms with van der Waals surface area (Å²) in [6.07, 6.45) is 4.80. The number of anilines is 1. The van der Waals surface area contributed by atoms with Gasteiger partial charge in [0.15, 0.2) is 5.82 Å². The third-order valence-corrected chi connectivity index (χ3v) is 5.36. The predicted molar refractivity (Wildman–Crippen MR) is 105 cm³/mol. The average molecular weight is 364 g/mol. The van der Waals surface area contributed by atoms with E-state index in [2.05, 4.69) is 49.5 Å². The first kappa shape index (κ1) is 15.6. The molecule has 1 aliphatic carbocycles. The van der Waals surface area contributed by atoms with Gasteiger partial charge in [-0.2, -0.15) is 4.98 Å². The van der Waals surface area contributed by atoms with E-state index in [1.165, 1.54) is 22.2 Å². The lowest BCUT2D eigenvalue weighted by molar-refractivity contribution is 0.606. The minimum absolute atomic E-state index is 0.250. The molecule has 1 unspecified atom stereocenters. The molecule has 1 aliphatic rings. The highest BCUT2D eigenvalue weighted by Gasteiger charge is 2.23. The Morgan fingerprint density at radius 3 is 2.96 bits per heavy atom. The van der Waals surface area contributed by atoms with Crippen LogP contribution in [0, 0.1) is 6.92 Å². The van der Waals surface area contributed by atoms with E-state index in [4.69, 9.17) is 11.6 Å². The van der Waals surface area contributed by atoms with Crippen molar-refractivity contribution in [3.63, 3.8) is 0 Å². The maximum absolute atomic E-state index is 6.16. The molecule has 26 heavy (non-hydrogen) atoms. The Kier molecular flexibility index (Phi) is 3.57.